The Morgan fingerprint density at radius 1 is 1.70 bits per heavy atom. The van der Waals surface area contributed by atoms with Gasteiger partial charge in [-0.25, -0.2) is 0 Å². The third-order valence-electron chi connectivity index (χ3n) is 1.76. The first-order valence-corrected chi connectivity index (χ1v) is 3.77. The van der Waals surface area contributed by atoms with Gasteiger partial charge in [0.1, 0.15) is 0 Å². The molecule has 10 heavy (non-hydrogen) atoms. The Hall–Kier alpha value is -0.0551. The number of rotatable bonds is 2. The Bertz CT molecular complexity index is 99.7. The van der Waals surface area contributed by atoms with Gasteiger partial charge in [-0.1, -0.05) is 0 Å². The van der Waals surface area contributed by atoms with Crippen molar-refractivity contribution >= 4 is 7.62 Å². The Balaban J connectivity index is 2.18. The summed E-state index contributed by atoms with van der Waals surface area (Å²) in [6, 6.07) is 0.615. The minimum atomic E-state index is 0.615. The summed E-state index contributed by atoms with van der Waals surface area (Å²) >= 11 is 0. The zero-order chi connectivity index (χ0) is 7.40. The van der Waals surface area contributed by atoms with Crippen molar-refractivity contribution in [1.82, 2.24) is 10.1 Å². The number of nitrogens with one attached hydrogen (secondary N) is 1. The molecule has 1 N–H and O–H groups in total. The lowest BCUT2D eigenvalue weighted by Crippen LogP contribution is -2.50. The minimum Gasteiger partial charge on any atom is -0.427 e. The van der Waals surface area contributed by atoms with E-state index in [-0.39, 0.29) is 0 Å². The van der Waals surface area contributed by atoms with Gasteiger partial charge in [0.25, 0.3) is 0 Å². The maximum absolute atomic E-state index is 5.03. The van der Waals surface area contributed by atoms with E-state index < -0.39 is 0 Å². The van der Waals surface area contributed by atoms with Crippen molar-refractivity contribution in [2.24, 2.45) is 0 Å². The molecular formula is C6H15BN2O. The molecular weight excluding hydrogens is 127 g/mol. The highest BCUT2D eigenvalue weighted by atomic mass is 16.4. The van der Waals surface area contributed by atoms with Crippen molar-refractivity contribution in [2.45, 2.75) is 13.0 Å². The molecule has 1 aliphatic heterocycles. The van der Waals surface area contributed by atoms with Crippen LogP contribution in [0.5, 0.6) is 0 Å². The Morgan fingerprint density at radius 3 is 3.10 bits per heavy atom. The van der Waals surface area contributed by atoms with Gasteiger partial charge in [0.05, 0.1) is 0 Å². The van der Waals surface area contributed by atoms with E-state index in [4.69, 9.17) is 4.65 Å². The molecule has 1 fully saturated rings. The summed E-state index contributed by atoms with van der Waals surface area (Å²) in [4.78, 5) is 2.31. The van der Waals surface area contributed by atoms with Crippen LogP contribution >= 0.6 is 0 Å². The van der Waals surface area contributed by atoms with Crippen molar-refractivity contribution in [2.75, 3.05) is 26.7 Å². The topological polar surface area (TPSA) is 24.5 Å². The first-order chi connectivity index (χ1) is 4.83. The fraction of sp³-hybridized carbons (Fsp3) is 1.00. The Labute approximate surface area is 63.0 Å². The molecule has 1 heterocycles. The highest BCUT2D eigenvalue weighted by Crippen LogP contribution is 1.95. The molecule has 58 valence electrons. The predicted octanol–water partition coefficient (Wildman–Crippen LogP) is -0.807. The minimum absolute atomic E-state index is 0.615. The molecule has 0 aromatic carbocycles. The number of nitrogens with zero attached hydrogens (tertiary/aromatic N) is 1. The second-order valence-corrected chi connectivity index (χ2v) is 2.85. The number of hydrogen-bond acceptors (Lipinski definition) is 3. The second kappa shape index (κ2) is 3.96. The number of piperazine rings is 1. The van der Waals surface area contributed by atoms with Gasteiger partial charge in [-0.3, -0.25) is 0 Å². The molecule has 0 saturated carbocycles. The lowest BCUT2D eigenvalue weighted by molar-refractivity contribution is 0.274. The zero-order valence-electron chi connectivity index (χ0n) is 6.76. The van der Waals surface area contributed by atoms with E-state index in [1.165, 1.54) is 0 Å². The average Bonchev–Trinajstić information content (AvgIpc) is 1.88. The molecule has 0 bridgehead atoms. The lowest BCUT2D eigenvalue weighted by Gasteiger charge is -2.30. The SMILES string of the molecule is COBN1CCN[C@@H](C)C1. The predicted molar refractivity (Wildman–Crippen MR) is 43.2 cm³/mol. The van der Waals surface area contributed by atoms with Crippen molar-refractivity contribution in [3.05, 3.63) is 0 Å². The maximum Gasteiger partial charge on any atom is 0.363 e. The molecule has 1 rings (SSSR count). The van der Waals surface area contributed by atoms with Gasteiger partial charge in [-0.15, -0.1) is 0 Å². The van der Waals surface area contributed by atoms with Crippen LogP contribution in [0.3, 0.4) is 0 Å². The van der Waals surface area contributed by atoms with Gasteiger partial charge in [0.2, 0.25) is 0 Å². The van der Waals surface area contributed by atoms with Crippen LogP contribution < -0.4 is 5.32 Å². The summed E-state index contributed by atoms with van der Waals surface area (Å²) in [6.07, 6.45) is 0. The van der Waals surface area contributed by atoms with E-state index in [1.807, 2.05) is 0 Å². The van der Waals surface area contributed by atoms with Gasteiger partial charge in [-0.2, -0.15) is 0 Å². The van der Waals surface area contributed by atoms with Crippen molar-refractivity contribution in [1.29, 1.82) is 0 Å². The normalized spacial score (nSPS) is 28.4. The summed E-state index contributed by atoms with van der Waals surface area (Å²) < 4.78 is 5.03. The third kappa shape index (κ3) is 2.29. The fourth-order valence-corrected chi connectivity index (χ4v) is 1.31. The van der Waals surface area contributed by atoms with E-state index in [2.05, 4.69) is 17.1 Å². The van der Waals surface area contributed by atoms with Gasteiger partial charge in [0, 0.05) is 32.8 Å². The fourth-order valence-electron chi connectivity index (χ4n) is 1.31. The Morgan fingerprint density at radius 2 is 2.50 bits per heavy atom. The van der Waals surface area contributed by atoms with E-state index in [1.54, 1.807) is 7.11 Å². The van der Waals surface area contributed by atoms with Crippen LogP contribution in [0.25, 0.3) is 0 Å². The molecule has 0 radical (unpaired) electrons. The summed E-state index contributed by atoms with van der Waals surface area (Å²) in [5, 5.41) is 3.37. The van der Waals surface area contributed by atoms with Gasteiger partial charge >= 0.3 is 7.62 Å². The largest absolute Gasteiger partial charge is 0.427 e. The summed E-state index contributed by atoms with van der Waals surface area (Å²) in [7, 11) is 2.51. The summed E-state index contributed by atoms with van der Waals surface area (Å²) in [5.74, 6) is 0. The highest BCUT2D eigenvalue weighted by Gasteiger charge is 2.15. The van der Waals surface area contributed by atoms with E-state index in [9.17, 15) is 0 Å². The summed E-state index contributed by atoms with van der Waals surface area (Å²) in [5.41, 5.74) is 0. The molecule has 1 saturated heterocycles. The molecule has 0 aromatic rings. The van der Waals surface area contributed by atoms with Gasteiger partial charge < -0.3 is 14.8 Å². The second-order valence-electron chi connectivity index (χ2n) is 2.85. The zero-order valence-corrected chi connectivity index (χ0v) is 6.76. The molecule has 0 aromatic heterocycles. The first kappa shape index (κ1) is 8.05. The van der Waals surface area contributed by atoms with E-state index >= 15 is 0 Å². The number of hydrogen-bond donors (Lipinski definition) is 1. The summed E-state index contributed by atoms with van der Waals surface area (Å²) in [6.45, 7) is 5.50. The molecule has 4 heteroatoms. The van der Waals surface area contributed by atoms with Crippen LogP contribution in [-0.2, 0) is 4.65 Å². The van der Waals surface area contributed by atoms with E-state index in [0.29, 0.717) is 6.04 Å². The van der Waals surface area contributed by atoms with E-state index in [0.717, 1.165) is 27.3 Å². The lowest BCUT2D eigenvalue weighted by atomic mass is 10.1. The average molecular weight is 142 g/mol. The van der Waals surface area contributed by atoms with Crippen LogP contribution in [-0.4, -0.2) is 45.2 Å². The molecule has 1 atom stereocenters. The van der Waals surface area contributed by atoms with Crippen molar-refractivity contribution < 1.29 is 4.65 Å². The monoisotopic (exact) mass is 142 g/mol. The molecule has 0 unspecified atom stereocenters. The van der Waals surface area contributed by atoms with Crippen LogP contribution in [0.4, 0.5) is 0 Å². The Kier molecular flexibility index (Phi) is 3.18. The smallest absolute Gasteiger partial charge is 0.363 e. The van der Waals surface area contributed by atoms with Crippen LogP contribution in [0.15, 0.2) is 0 Å². The van der Waals surface area contributed by atoms with Crippen LogP contribution in [0.2, 0.25) is 0 Å². The van der Waals surface area contributed by atoms with Crippen molar-refractivity contribution in [3.63, 3.8) is 0 Å². The molecule has 0 spiro atoms. The van der Waals surface area contributed by atoms with Crippen LogP contribution in [0.1, 0.15) is 6.92 Å². The first-order valence-electron chi connectivity index (χ1n) is 3.77. The molecule has 0 aliphatic carbocycles. The van der Waals surface area contributed by atoms with Crippen LogP contribution in [0, 0.1) is 0 Å². The molecule has 0 amide bonds. The molecule has 3 nitrogen and oxygen atoms in total. The highest BCUT2D eigenvalue weighted by molar-refractivity contribution is 6.23. The quantitative estimate of drug-likeness (QED) is 0.510. The maximum atomic E-state index is 5.03. The third-order valence-corrected chi connectivity index (χ3v) is 1.76. The van der Waals surface area contributed by atoms with Crippen molar-refractivity contribution in [3.8, 4) is 0 Å². The standard InChI is InChI=1S/C6H15BN2O/c1-6-5-9(7-10-2)4-3-8-6/h6-8H,3-5H2,1-2H3/t6-/m0/s1. The molecule has 1 aliphatic rings. The van der Waals surface area contributed by atoms with Gasteiger partial charge in [-0.05, 0) is 6.92 Å². The van der Waals surface area contributed by atoms with Gasteiger partial charge in [0.15, 0.2) is 0 Å².